The van der Waals surface area contributed by atoms with Crippen LogP contribution in [0.3, 0.4) is 0 Å². The number of ether oxygens (including phenoxy) is 1. The molecule has 0 radical (unpaired) electrons. The smallest absolute Gasteiger partial charge is 0.409 e. The van der Waals surface area contributed by atoms with E-state index in [1.807, 2.05) is 19.1 Å². The summed E-state index contributed by atoms with van der Waals surface area (Å²) in [6.45, 7) is 2.59. The average molecular weight is 509 g/mol. The highest BCUT2D eigenvalue weighted by molar-refractivity contribution is 7.89. The fourth-order valence-corrected chi connectivity index (χ4v) is 6.67. The van der Waals surface area contributed by atoms with Crippen molar-refractivity contribution in [2.75, 3.05) is 46.1 Å². The Morgan fingerprint density at radius 2 is 1.86 bits per heavy atom. The number of aryl methyl sites for hydroxylation is 1. The topological polar surface area (TPSA) is 145 Å². The molecule has 1 fully saturated rings. The van der Waals surface area contributed by atoms with E-state index in [0.29, 0.717) is 12.0 Å². The molecule has 192 valence electrons. The number of rotatable bonds is 6. The largest absolute Gasteiger partial charge is 0.453 e. The third kappa shape index (κ3) is 5.65. The van der Waals surface area contributed by atoms with Gasteiger partial charge >= 0.3 is 6.09 Å². The zero-order valence-corrected chi connectivity index (χ0v) is 21.0. The second-order valence-corrected chi connectivity index (χ2v) is 10.8. The van der Waals surface area contributed by atoms with Crippen LogP contribution in [0.5, 0.6) is 0 Å². The van der Waals surface area contributed by atoms with Crippen LogP contribution < -0.4 is 10.8 Å². The Labute approximate surface area is 205 Å². The number of likely N-dealkylation sites (tertiary alicyclic amines) is 1. The highest BCUT2D eigenvalue weighted by Gasteiger charge is 2.47. The van der Waals surface area contributed by atoms with Crippen LogP contribution in [-0.4, -0.2) is 86.8 Å². The quantitative estimate of drug-likeness (QED) is 0.386. The Kier molecular flexibility index (Phi) is 8.18. The van der Waals surface area contributed by atoms with Gasteiger partial charge in [0.2, 0.25) is 10.0 Å². The summed E-state index contributed by atoms with van der Waals surface area (Å²) in [5, 5.41) is 11.9. The number of hydrogen-bond acceptors (Lipinski definition) is 7. The van der Waals surface area contributed by atoms with Gasteiger partial charge in [-0.25, -0.2) is 18.7 Å². The second-order valence-electron chi connectivity index (χ2n) is 8.88. The number of nitrogens with zero attached hydrogens (tertiary/aromatic N) is 2. The number of piperidine rings is 1. The highest BCUT2D eigenvalue weighted by atomic mass is 32.2. The number of carbonyl (C=O) groups excluding carboxylic acids is 3. The maximum atomic E-state index is 13.3. The van der Waals surface area contributed by atoms with Crippen molar-refractivity contribution < 1.29 is 32.7 Å². The summed E-state index contributed by atoms with van der Waals surface area (Å²) in [5.74, 6) is -1.41. The van der Waals surface area contributed by atoms with Gasteiger partial charge in [0.25, 0.3) is 11.8 Å². The minimum absolute atomic E-state index is 0.0829. The van der Waals surface area contributed by atoms with Gasteiger partial charge in [-0.3, -0.25) is 14.8 Å². The first kappa shape index (κ1) is 26.6. The van der Waals surface area contributed by atoms with Crippen LogP contribution in [0.4, 0.5) is 4.79 Å². The van der Waals surface area contributed by atoms with E-state index < -0.39 is 33.2 Å². The molecule has 1 aromatic rings. The monoisotopic (exact) mass is 508 g/mol. The molecule has 12 heteroatoms. The molecule has 3 amide bonds. The first-order valence-electron chi connectivity index (χ1n) is 11.3. The van der Waals surface area contributed by atoms with Gasteiger partial charge in [-0.15, -0.1) is 0 Å². The minimum Gasteiger partial charge on any atom is -0.453 e. The SMILES string of the molecule is CNC(=O)c1ccc(C2=CCN(S(=O)(=O)CC3(C(=O)NO)CCN(C(=O)OC)CC3)CC2)c(C)c1. The maximum absolute atomic E-state index is 13.3. The number of hydroxylamine groups is 1. The van der Waals surface area contributed by atoms with Gasteiger partial charge in [0.1, 0.15) is 0 Å². The van der Waals surface area contributed by atoms with Gasteiger partial charge in [-0.2, -0.15) is 4.31 Å². The summed E-state index contributed by atoms with van der Waals surface area (Å²) in [5.41, 5.74) is 3.69. The summed E-state index contributed by atoms with van der Waals surface area (Å²) in [4.78, 5) is 37.6. The van der Waals surface area contributed by atoms with Gasteiger partial charge in [0.15, 0.2) is 0 Å². The molecule has 2 aliphatic rings. The second kappa shape index (κ2) is 10.8. The number of methoxy groups -OCH3 is 1. The van der Waals surface area contributed by atoms with Crippen molar-refractivity contribution in [2.24, 2.45) is 5.41 Å². The Morgan fingerprint density at radius 3 is 2.37 bits per heavy atom. The number of hydrogen-bond donors (Lipinski definition) is 3. The number of amides is 3. The van der Waals surface area contributed by atoms with Gasteiger partial charge in [-0.05, 0) is 55.0 Å². The zero-order valence-electron chi connectivity index (χ0n) is 20.2. The zero-order chi connectivity index (χ0) is 25.8. The van der Waals surface area contributed by atoms with Gasteiger partial charge in [0, 0.05) is 38.8 Å². The van der Waals surface area contributed by atoms with Crippen molar-refractivity contribution in [3.8, 4) is 0 Å². The first-order chi connectivity index (χ1) is 16.6. The molecule has 3 N–H and O–H groups in total. The summed E-state index contributed by atoms with van der Waals surface area (Å²) >= 11 is 0. The van der Waals surface area contributed by atoms with E-state index in [9.17, 15) is 28.0 Å². The van der Waals surface area contributed by atoms with Crippen LogP contribution in [0.15, 0.2) is 24.3 Å². The van der Waals surface area contributed by atoms with Crippen molar-refractivity contribution in [3.63, 3.8) is 0 Å². The molecule has 1 saturated heterocycles. The predicted molar refractivity (Wildman–Crippen MR) is 128 cm³/mol. The van der Waals surface area contributed by atoms with Crippen molar-refractivity contribution in [1.82, 2.24) is 20.0 Å². The molecule has 2 heterocycles. The van der Waals surface area contributed by atoms with Crippen LogP contribution in [0.1, 0.15) is 40.7 Å². The molecule has 0 saturated carbocycles. The highest BCUT2D eigenvalue weighted by Crippen LogP contribution is 2.35. The molecule has 3 rings (SSSR count). The molecule has 11 nitrogen and oxygen atoms in total. The molecule has 0 unspecified atom stereocenters. The molecule has 0 aliphatic carbocycles. The van der Waals surface area contributed by atoms with Crippen LogP contribution in [-0.2, 0) is 19.6 Å². The molecule has 0 atom stereocenters. The summed E-state index contributed by atoms with van der Waals surface area (Å²) in [6.07, 6.45) is 1.95. The lowest BCUT2D eigenvalue weighted by Gasteiger charge is -2.40. The summed E-state index contributed by atoms with van der Waals surface area (Å²) in [7, 11) is -1.02. The normalized spacial score (nSPS) is 18.4. The van der Waals surface area contributed by atoms with E-state index in [1.165, 1.54) is 16.3 Å². The molecule has 0 bridgehead atoms. The predicted octanol–water partition coefficient (Wildman–Crippen LogP) is 1.13. The fourth-order valence-electron chi connectivity index (χ4n) is 4.70. The van der Waals surface area contributed by atoms with Crippen molar-refractivity contribution >= 4 is 33.5 Å². The van der Waals surface area contributed by atoms with E-state index >= 15 is 0 Å². The maximum Gasteiger partial charge on any atom is 0.409 e. The third-order valence-corrected chi connectivity index (χ3v) is 8.86. The van der Waals surface area contributed by atoms with Crippen molar-refractivity contribution in [1.29, 1.82) is 0 Å². The molecular weight excluding hydrogens is 476 g/mol. The van der Waals surface area contributed by atoms with Crippen LogP contribution in [0.25, 0.3) is 5.57 Å². The standard InChI is InChI=1S/C23H32N4O7S/c1-16-14-18(20(28)24-2)4-5-19(16)17-6-10-27(11-7-17)35(32,33)15-23(21(29)25-31)8-12-26(13-9-23)22(30)34-3/h4-6,14,31H,7-13,15H2,1-3H3,(H,24,28)(H,25,29). The third-order valence-electron chi connectivity index (χ3n) is 6.82. The Morgan fingerprint density at radius 1 is 1.17 bits per heavy atom. The van der Waals surface area contributed by atoms with E-state index in [2.05, 4.69) is 5.32 Å². The minimum atomic E-state index is -3.85. The van der Waals surface area contributed by atoms with E-state index in [1.54, 1.807) is 24.7 Å². The average Bonchev–Trinajstić information content (AvgIpc) is 2.87. The number of nitrogens with one attached hydrogen (secondary N) is 2. The fraction of sp³-hybridized carbons (Fsp3) is 0.522. The lowest BCUT2D eigenvalue weighted by molar-refractivity contribution is -0.141. The summed E-state index contributed by atoms with van der Waals surface area (Å²) in [6, 6.07) is 5.41. The molecule has 0 aromatic heterocycles. The Bertz CT molecular complexity index is 1120. The number of carbonyl (C=O) groups is 3. The molecule has 1 aromatic carbocycles. The van der Waals surface area contributed by atoms with Gasteiger partial charge in [-0.1, -0.05) is 12.1 Å². The molecule has 35 heavy (non-hydrogen) atoms. The van der Waals surface area contributed by atoms with Crippen molar-refractivity contribution in [3.05, 3.63) is 41.0 Å². The Hall–Kier alpha value is -2.96. The summed E-state index contributed by atoms with van der Waals surface area (Å²) < 4.78 is 32.6. The lowest BCUT2D eigenvalue weighted by Crippen LogP contribution is -2.54. The lowest BCUT2D eigenvalue weighted by atomic mass is 9.79. The number of sulfonamides is 1. The Balaban J connectivity index is 1.74. The molecular formula is C23H32N4O7S. The van der Waals surface area contributed by atoms with Gasteiger partial charge in [0.05, 0.1) is 18.3 Å². The van der Waals surface area contributed by atoms with Crippen LogP contribution in [0, 0.1) is 12.3 Å². The molecule has 0 spiro atoms. The molecule has 2 aliphatic heterocycles. The van der Waals surface area contributed by atoms with Gasteiger partial charge < -0.3 is 15.0 Å². The van der Waals surface area contributed by atoms with Crippen LogP contribution in [0.2, 0.25) is 0 Å². The van der Waals surface area contributed by atoms with Crippen molar-refractivity contribution in [2.45, 2.75) is 26.2 Å². The van der Waals surface area contributed by atoms with E-state index in [0.717, 1.165) is 16.7 Å². The van der Waals surface area contributed by atoms with E-state index in [-0.39, 0.29) is 44.9 Å². The first-order valence-corrected chi connectivity index (χ1v) is 12.9. The number of benzene rings is 1. The van der Waals surface area contributed by atoms with Crippen LogP contribution >= 0.6 is 0 Å². The van der Waals surface area contributed by atoms with E-state index in [4.69, 9.17) is 4.74 Å².